The van der Waals surface area contributed by atoms with Crippen molar-refractivity contribution in [2.24, 2.45) is 5.10 Å². The maximum Gasteiger partial charge on any atom is 0.271 e. The van der Waals surface area contributed by atoms with Gasteiger partial charge in [0.1, 0.15) is 12.4 Å². The average molecular weight is 491 g/mol. The van der Waals surface area contributed by atoms with Crippen LogP contribution in [0.25, 0.3) is 0 Å². The molecule has 0 spiro atoms. The van der Waals surface area contributed by atoms with Crippen molar-refractivity contribution in [3.05, 3.63) is 98.1 Å². The monoisotopic (exact) mass is 490 g/mol. The highest BCUT2D eigenvalue weighted by Crippen LogP contribution is 2.18. The highest BCUT2D eigenvalue weighted by Gasteiger charge is 2.05. The molecular weight excluding hydrogens is 475 g/mol. The number of hydrazone groups is 1. The molecule has 6 heteroatoms. The lowest BCUT2D eigenvalue weighted by Crippen LogP contribution is -2.17. The number of ether oxygens (including phenoxy) is 1. The van der Waals surface area contributed by atoms with Crippen molar-refractivity contribution in [3.8, 4) is 5.75 Å². The zero-order valence-electron chi connectivity index (χ0n) is 14.2. The van der Waals surface area contributed by atoms with Crippen molar-refractivity contribution in [2.75, 3.05) is 0 Å². The molecule has 0 aliphatic heterocycles. The molecule has 3 aromatic carbocycles. The fraction of sp³-hybridized carbons (Fsp3) is 0.0476. The van der Waals surface area contributed by atoms with Crippen molar-refractivity contribution in [1.82, 2.24) is 5.43 Å². The number of carbonyl (C=O) groups is 1. The lowest BCUT2D eigenvalue weighted by Gasteiger charge is -2.09. The molecule has 27 heavy (non-hydrogen) atoms. The Morgan fingerprint density at radius 3 is 2.48 bits per heavy atom. The van der Waals surface area contributed by atoms with Crippen LogP contribution in [0.5, 0.6) is 5.75 Å². The Kier molecular flexibility index (Phi) is 6.84. The van der Waals surface area contributed by atoms with Crippen LogP contribution in [0.4, 0.5) is 0 Å². The summed E-state index contributed by atoms with van der Waals surface area (Å²) in [5.41, 5.74) is 4.85. The number of para-hydroxylation sites is 1. The van der Waals surface area contributed by atoms with Gasteiger partial charge in [-0.05, 0) is 76.7 Å². The maximum atomic E-state index is 12.1. The van der Waals surface area contributed by atoms with Gasteiger partial charge in [-0.2, -0.15) is 5.10 Å². The third kappa shape index (κ3) is 5.80. The number of rotatable bonds is 6. The van der Waals surface area contributed by atoms with Gasteiger partial charge in [0.05, 0.1) is 6.21 Å². The second kappa shape index (κ2) is 9.53. The van der Waals surface area contributed by atoms with Crippen molar-refractivity contribution in [1.29, 1.82) is 0 Å². The Morgan fingerprint density at radius 1 is 1.04 bits per heavy atom. The standard InChI is InChI=1S/C21H16ClIN2O2/c22-18-9-7-16(8-10-18)21(26)25-24-13-17-3-1-2-4-20(17)27-14-15-5-11-19(23)12-6-15/h1-13H,14H2,(H,25,26)/b24-13-. The minimum atomic E-state index is -0.305. The van der Waals surface area contributed by atoms with E-state index in [1.807, 2.05) is 48.5 Å². The van der Waals surface area contributed by atoms with Gasteiger partial charge in [-0.25, -0.2) is 5.43 Å². The van der Waals surface area contributed by atoms with Gasteiger partial charge >= 0.3 is 0 Å². The number of benzene rings is 3. The number of amides is 1. The zero-order valence-corrected chi connectivity index (χ0v) is 17.1. The molecule has 4 nitrogen and oxygen atoms in total. The molecule has 0 bridgehead atoms. The van der Waals surface area contributed by atoms with Gasteiger partial charge in [0.2, 0.25) is 0 Å². The average Bonchev–Trinajstić information content (AvgIpc) is 2.69. The first kappa shape index (κ1) is 19.4. The van der Waals surface area contributed by atoms with Crippen LogP contribution >= 0.6 is 34.2 Å². The summed E-state index contributed by atoms with van der Waals surface area (Å²) < 4.78 is 7.08. The Morgan fingerprint density at radius 2 is 1.74 bits per heavy atom. The van der Waals surface area contributed by atoms with Gasteiger partial charge < -0.3 is 4.74 Å². The van der Waals surface area contributed by atoms with E-state index in [4.69, 9.17) is 16.3 Å². The summed E-state index contributed by atoms with van der Waals surface area (Å²) in [4.78, 5) is 12.1. The molecule has 0 radical (unpaired) electrons. The number of carbonyl (C=O) groups excluding carboxylic acids is 1. The minimum absolute atomic E-state index is 0.305. The van der Waals surface area contributed by atoms with E-state index in [0.29, 0.717) is 22.9 Å². The second-order valence-electron chi connectivity index (χ2n) is 5.66. The number of nitrogens with zero attached hydrogens (tertiary/aromatic N) is 1. The van der Waals surface area contributed by atoms with Crippen LogP contribution in [-0.4, -0.2) is 12.1 Å². The molecule has 0 aromatic heterocycles. The molecule has 0 saturated heterocycles. The Balaban J connectivity index is 1.62. The van der Waals surface area contributed by atoms with E-state index in [0.717, 1.165) is 11.1 Å². The highest BCUT2D eigenvalue weighted by molar-refractivity contribution is 14.1. The van der Waals surface area contributed by atoms with Crippen molar-refractivity contribution in [2.45, 2.75) is 6.61 Å². The Labute approximate surface area is 176 Å². The first-order chi connectivity index (χ1) is 13.1. The highest BCUT2D eigenvalue weighted by atomic mass is 127. The van der Waals surface area contributed by atoms with E-state index in [1.165, 1.54) is 3.57 Å². The van der Waals surface area contributed by atoms with E-state index < -0.39 is 0 Å². The minimum Gasteiger partial charge on any atom is -0.488 e. The van der Waals surface area contributed by atoms with E-state index >= 15 is 0 Å². The SMILES string of the molecule is O=C(N/N=C\c1ccccc1OCc1ccc(I)cc1)c1ccc(Cl)cc1. The van der Waals surface area contributed by atoms with Gasteiger partial charge in [-0.15, -0.1) is 0 Å². The van der Waals surface area contributed by atoms with Crippen LogP contribution in [0.15, 0.2) is 77.9 Å². The number of nitrogens with one attached hydrogen (secondary N) is 1. The summed E-state index contributed by atoms with van der Waals surface area (Å²) >= 11 is 8.09. The molecule has 0 heterocycles. The van der Waals surface area contributed by atoms with Crippen LogP contribution in [0, 0.1) is 3.57 Å². The van der Waals surface area contributed by atoms with Gasteiger partial charge in [0, 0.05) is 19.7 Å². The summed E-state index contributed by atoms with van der Waals surface area (Å²) in [6.45, 7) is 0.457. The van der Waals surface area contributed by atoms with Gasteiger partial charge in [-0.3, -0.25) is 4.79 Å². The van der Waals surface area contributed by atoms with Crippen LogP contribution < -0.4 is 10.2 Å². The van der Waals surface area contributed by atoms with E-state index in [1.54, 1.807) is 30.5 Å². The maximum absolute atomic E-state index is 12.1. The molecule has 1 amide bonds. The lowest BCUT2D eigenvalue weighted by molar-refractivity contribution is 0.0955. The Bertz CT molecular complexity index is 941. The molecule has 136 valence electrons. The predicted octanol–water partition coefficient (Wildman–Crippen LogP) is 5.29. The largest absolute Gasteiger partial charge is 0.488 e. The van der Waals surface area contributed by atoms with Crippen LogP contribution in [-0.2, 0) is 6.61 Å². The summed E-state index contributed by atoms with van der Waals surface area (Å²) in [6, 6.07) is 22.3. The second-order valence-corrected chi connectivity index (χ2v) is 7.34. The van der Waals surface area contributed by atoms with E-state index in [-0.39, 0.29) is 5.91 Å². The lowest BCUT2D eigenvalue weighted by atomic mass is 10.2. The molecule has 0 fully saturated rings. The topological polar surface area (TPSA) is 50.7 Å². The van der Waals surface area contributed by atoms with Gasteiger partial charge in [0.25, 0.3) is 5.91 Å². The quantitative estimate of drug-likeness (QED) is 0.290. The van der Waals surface area contributed by atoms with Crippen molar-refractivity contribution < 1.29 is 9.53 Å². The first-order valence-corrected chi connectivity index (χ1v) is 9.63. The predicted molar refractivity (Wildman–Crippen MR) is 116 cm³/mol. The van der Waals surface area contributed by atoms with E-state index in [2.05, 4.69) is 33.1 Å². The summed E-state index contributed by atoms with van der Waals surface area (Å²) in [7, 11) is 0. The molecule has 3 rings (SSSR count). The molecule has 0 aliphatic carbocycles. The molecule has 0 atom stereocenters. The molecule has 3 aromatic rings. The molecule has 0 saturated carbocycles. The summed E-state index contributed by atoms with van der Waals surface area (Å²) in [6.07, 6.45) is 1.57. The number of halogens is 2. The van der Waals surface area contributed by atoms with Crippen molar-refractivity contribution in [3.63, 3.8) is 0 Å². The van der Waals surface area contributed by atoms with Crippen LogP contribution in [0.3, 0.4) is 0 Å². The molecule has 0 aliphatic rings. The Hall–Kier alpha value is -2.38. The number of hydrogen-bond donors (Lipinski definition) is 1. The third-order valence-electron chi connectivity index (χ3n) is 3.70. The normalized spacial score (nSPS) is 10.7. The fourth-order valence-corrected chi connectivity index (χ4v) is 2.77. The third-order valence-corrected chi connectivity index (χ3v) is 4.67. The molecule has 0 unspecified atom stereocenters. The van der Waals surface area contributed by atoms with Crippen LogP contribution in [0.2, 0.25) is 5.02 Å². The zero-order chi connectivity index (χ0) is 19.1. The fourth-order valence-electron chi connectivity index (χ4n) is 2.29. The van der Waals surface area contributed by atoms with Crippen molar-refractivity contribution >= 4 is 46.3 Å². The first-order valence-electron chi connectivity index (χ1n) is 8.17. The molecule has 1 N–H and O–H groups in total. The summed E-state index contributed by atoms with van der Waals surface area (Å²) in [5.74, 6) is 0.390. The van der Waals surface area contributed by atoms with E-state index in [9.17, 15) is 4.79 Å². The van der Waals surface area contributed by atoms with Gasteiger partial charge in [-0.1, -0.05) is 35.9 Å². The van der Waals surface area contributed by atoms with Crippen LogP contribution in [0.1, 0.15) is 21.5 Å². The molecular formula is C21H16ClIN2O2. The smallest absolute Gasteiger partial charge is 0.271 e. The van der Waals surface area contributed by atoms with Gasteiger partial charge in [0.15, 0.2) is 0 Å². The number of hydrogen-bond acceptors (Lipinski definition) is 3. The summed E-state index contributed by atoms with van der Waals surface area (Å²) in [5, 5.41) is 4.61.